The molecule has 0 aromatic rings. The second-order valence-electron chi connectivity index (χ2n) is 3.52. The summed E-state index contributed by atoms with van der Waals surface area (Å²) in [5.74, 6) is 0.575. The van der Waals surface area contributed by atoms with Gasteiger partial charge in [-0.3, -0.25) is 0 Å². The van der Waals surface area contributed by atoms with Crippen LogP contribution in [-0.2, 0) is 0 Å². The highest BCUT2D eigenvalue weighted by Gasteiger charge is 1.95. The van der Waals surface area contributed by atoms with E-state index in [1.807, 2.05) is 25.2 Å². The molecule has 0 heteroatoms. The van der Waals surface area contributed by atoms with Crippen molar-refractivity contribution in [2.45, 2.75) is 27.2 Å². The average Bonchev–Trinajstić information content (AvgIpc) is 2.02. The molecular formula is C13H20. The van der Waals surface area contributed by atoms with E-state index in [2.05, 4.69) is 33.1 Å². The van der Waals surface area contributed by atoms with E-state index in [1.165, 1.54) is 5.57 Å². The Kier molecular flexibility index (Phi) is 5.96. The highest BCUT2D eigenvalue weighted by molar-refractivity contribution is 5.28. The molecule has 0 aromatic carbocycles. The van der Waals surface area contributed by atoms with Gasteiger partial charge in [0, 0.05) is 0 Å². The summed E-state index contributed by atoms with van der Waals surface area (Å²) in [6.07, 6.45) is 9.10. The van der Waals surface area contributed by atoms with Crippen molar-refractivity contribution in [2.75, 3.05) is 0 Å². The quantitative estimate of drug-likeness (QED) is 0.548. The maximum atomic E-state index is 3.96. The molecule has 0 rings (SSSR count). The first-order chi connectivity index (χ1) is 6.10. The molecule has 0 saturated heterocycles. The van der Waals surface area contributed by atoms with Crippen molar-refractivity contribution >= 4 is 0 Å². The minimum Gasteiger partial charge on any atom is -0.0988 e. The van der Waals surface area contributed by atoms with Crippen LogP contribution >= 0.6 is 0 Å². The first-order valence-electron chi connectivity index (χ1n) is 4.73. The maximum absolute atomic E-state index is 3.96. The Morgan fingerprint density at radius 3 is 2.38 bits per heavy atom. The number of hydrogen-bond donors (Lipinski definition) is 0. The van der Waals surface area contributed by atoms with E-state index >= 15 is 0 Å². The third-order valence-electron chi connectivity index (χ3n) is 1.64. The van der Waals surface area contributed by atoms with E-state index in [0.29, 0.717) is 5.92 Å². The second kappa shape index (κ2) is 6.47. The van der Waals surface area contributed by atoms with Crippen LogP contribution in [-0.4, -0.2) is 0 Å². The van der Waals surface area contributed by atoms with Crippen LogP contribution in [0, 0.1) is 5.92 Å². The third-order valence-corrected chi connectivity index (χ3v) is 1.64. The molecular weight excluding hydrogens is 156 g/mol. The van der Waals surface area contributed by atoms with Gasteiger partial charge in [-0.15, -0.1) is 0 Å². The minimum absolute atomic E-state index is 0.575. The summed E-state index contributed by atoms with van der Waals surface area (Å²) in [7, 11) is 0. The van der Waals surface area contributed by atoms with Crippen molar-refractivity contribution in [1.29, 1.82) is 0 Å². The predicted molar refractivity (Wildman–Crippen MR) is 61.7 cm³/mol. The molecule has 13 heavy (non-hydrogen) atoms. The van der Waals surface area contributed by atoms with Gasteiger partial charge in [0.15, 0.2) is 0 Å². The number of allylic oxidation sites excluding steroid dienone is 6. The largest absolute Gasteiger partial charge is 0.0988 e. The van der Waals surface area contributed by atoms with E-state index in [1.54, 1.807) is 0 Å². The van der Waals surface area contributed by atoms with Gasteiger partial charge in [0.25, 0.3) is 0 Å². The SMILES string of the molecule is C=C/C(=C\C(C)C)CC(=C)/C=C\C. The molecule has 0 aliphatic carbocycles. The summed E-state index contributed by atoms with van der Waals surface area (Å²) >= 11 is 0. The van der Waals surface area contributed by atoms with Gasteiger partial charge in [-0.25, -0.2) is 0 Å². The molecule has 0 radical (unpaired) electrons. The van der Waals surface area contributed by atoms with E-state index in [0.717, 1.165) is 12.0 Å². The fourth-order valence-electron chi connectivity index (χ4n) is 1.18. The molecule has 0 atom stereocenters. The van der Waals surface area contributed by atoms with Crippen LogP contribution < -0.4 is 0 Å². The second-order valence-corrected chi connectivity index (χ2v) is 3.52. The fourth-order valence-corrected chi connectivity index (χ4v) is 1.18. The Morgan fingerprint density at radius 1 is 1.38 bits per heavy atom. The summed E-state index contributed by atoms with van der Waals surface area (Å²) in [6, 6.07) is 0. The van der Waals surface area contributed by atoms with Crippen molar-refractivity contribution in [3.05, 3.63) is 48.6 Å². The van der Waals surface area contributed by atoms with Crippen molar-refractivity contribution < 1.29 is 0 Å². The summed E-state index contributed by atoms with van der Waals surface area (Å²) in [4.78, 5) is 0. The van der Waals surface area contributed by atoms with Gasteiger partial charge in [0.05, 0.1) is 0 Å². The van der Waals surface area contributed by atoms with Crippen LogP contribution in [0.5, 0.6) is 0 Å². The Balaban J connectivity index is 4.29. The van der Waals surface area contributed by atoms with Gasteiger partial charge >= 0.3 is 0 Å². The molecule has 0 spiro atoms. The fraction of sp³-hybridized carbons (Fsp3) is 0.385. The molecule has 0 aromatic heterocycles. The summed E-state index contributed by atoms with van der Waals surface area (Å²) in [5, 5.41) is 0. The molecule has 72 valence electrons. The molecule has 0 unspecified atom stereocenters. The molecule has 0 aliphatic heterocycles. The Bertz CT molecular complexity index is 226. The zero-order valence-electron chi connectivity index (χ0n) is 9.01. The number of rotatable bonds is 5. The van der Waals surface area contributed by atoms with E-state index in [-0.39, 0.29) is 0 Å². The first kappa shape index (κ1) is 12.0. The lowest BCUT2D eigenvalue weighted by Gasteiger charge is -2.04. The van der Waals surface area contributed by atoms with Crippen LogP contribution in [0.25, 0.3) is 0 Å². The zero-order chi connectivity index (χ0) is 10.3. The molecule has 0 aliphatic rings. The van der Waals surface area contributed by atoms with Crippen molar-refractivity contribution in [1.82, 2.24) is 0 Å². The lowest BCUT2D eigenvalue weighted by Crippen LogP contribution is -1.86. The molecule has 0 amide bonds. The summed E-state index contributed by atoms with van der Waals surface area (Å²) in [6.45, 7) is 14.1. The van der Waals surface area contributed by atoms with E-state index in [9.17, 15) is 0 Å². The average molecular weight is 176 g/mol. The summed E-state index contributed by atoms with van der Waals surface area (Å²) in [5.41, 5.74) is 2.40. The van der Waals surface area contributed by atoms with E-state index in [4.69, 9.17) is 0 Å². The predicted octanol–water partition coefficient (Wildman–Crippen LogP) is 4.28. The van der Waals surface area contributed by atoms with Gasteiger partial charge < -0.3 is 0 Å². The van der Waals surface area contributed by atoms with Gasteiger partial charge in [-0.1, -0.05) is 56.9 Å². The molecule has 0 N–H and O–H groups in total. The Labute approximate surface area is 82.4 Å². The lowest BCUT2D eigenvalue weighted by molar-refractivity contribution is 0.821. The van der Waals surface area contributed by atoms with Crippen molar-refractivity contribution in [3.63, 3.8) is 0 Å². The van der Waals surface area contributed by atoms with Crippen LogP contribution in [0.15, 0.2) is 48.6 Å². The highest BCUT2D eigenvalue weighted by atomic mass is 14.0. The molecule has 0 bridgehead atoms. The molecule has 0 heterocycles. The summed E-state index contributed by atoms with van der Waals surface area (Å²) < 4.78 is 0. The first-order valence-corrected chi connectivity index (χ1v) is 4.73. The third kappa shape index (κ3) is 6.15. The topological polar surface area (TPSA) is 0 Å². The van der Waals surface area contributed by atoms with Crippen LogP contribution in [0.1, 0.15) is 27.2 Å². The van der Waals surface area contributed by atoms with Gasteiger partial charge in [-0.05, 0) is 24.8 Å². The smallest absolute Gasteiger partial charge is 0.00350 e. The lowest BCUT2D eigenvalue weighted by atomic mass is 10.0. The molecule has 0 nitrogen and oxygen atoms in total. The monoisotopic (exact) mass is 176 g/mol. The standard InChI is InChI=1S/C13H20/c1-6-8-12(5)10-13(7-2)9-11(3)4/h6-9,11H,2,5,10H2,1,3-4H3/b8-6-,13-9+. The van der Waals surface area contributed by atoms with Gasteiger partial charge in [-0.2, -0.15) is 0 Å². The Hall–Kier alpha value is -1.04. The minimum atomic E-state index is 0.575. The van der Waals surface area contributed by atoms with Gasteiger partial charge in [0.2, 0.25) is 0 Å². The molecule has 0 saturated carbocycles. The van der Waals surface area contributed by atoms with Crippen LogP contribution in [0.2, 0.25) is 0 Å². The van der Waals surface area contributed by atoms with Crippen molar-refractivity contribution in [2.24, 2.45) is 5.92 Å². The zero-order valence-corrected chi connectivity index (χ0v) is 9.01. The normalized spacial score (nSPS) is 12.5. The van der Waals surface area contributed by atoms with Crippen molar-refractivity contribution in [3.8, 4) is 0 Å². The maximum Gasteiger partial charge on any atom is -0.00350 e. The van der Waals surface area contributed by atoms with E-state index < -0.39 is 0 Å². The van der Waals surface area contributed by atoms with Crippen LogP contribution in [0.4, 0.5) is 0 Å². The van der Waals surface area contributed by atoms with Gasteiger partial charge in [0.1, 0.15) is 0 Å². The van der Waals surface area contributed by atoms with Crippen LogP contribution in [0.3, 0.4) is 0 Å². The number of hydrogen-bond acceptors (Lipinski definition) is 0. The Morgan fingerprint density at radius 2 is 2.00 bits per heavy atom. The highest BCUT2D eigenvalue weighted by Crippen LogP contribution is 2.13. The molecule has 0 fully saturated rings.